The van der Waals surface area contributed by atoms with E-state index in [-0.39, 0.29) is 0 Å². The van der Waals surface area contributed by atoms with Gasteiger partial charge in [-0.2, -0.15) is 0 Å². The Morgan fingerprint density at radius 2 is 2.12 bits per heavy atom. The summed E-state index contributed by atoms with van der Waals surface area (Å²) in [5, 5.41) is 8.96. The van der Waals surface area contributed by atoms with Gasteiger partial charge >= 0.3 is 0 Å². The monoisotopic (exact) mass is 254 g/mol. The second kappa shape index (κ2) is 4.81. The first kappa shape index (κ1) is 11.8. The van der Waals surface area contributed by atoms with Crippen LogP contribution < -0.4 is 0 Å². The maximum absolute atomic E-state index is 8.16. The smallest absolute Gasteiger partial charge is 0.157 e. The molecule has 96 valence electrons. The molecule has 1 saturated carbocycles. The minimum Gasteiger partial charge on any atom is -0.376 e. The molecule has 4 heteroatoms. The molecule has 1 N–H and O–H groups in total. The maximum atomic E-state index is 8.16. The Bertz CT molecular complexity index is 296. The Hall–Kier alpha value is -0.220. The molecule has 1 atom stereocenters. The van der Waals surface area contributed by atoms with Gasteiger partial charge < -0.3 is 9.64 Å². The third-order valence-corrected chi connectivity index (χ3v) is 5.71. The van der Waals surface area contributed by atoms with E-state index in [9.17, 15) is 0 Å². The van der Waals surface area contributed by atoms with Gasteiger partial charge in [-0.15, -0.1) is 0 Å². The molecule has 0 unspecified atom stereocenters. The van der Waals surface area contributed by atoms with Crippen LogP contribution in [0.4, 0.5) is 0 Å². The van der Waals surface area contributed by atoms with Crippen molar-refractivity contribution in [3.05, 3.63) is 0 Å². The summed E-state index contributed by atoms with van der Waals surface area (Å²) in [6, 6.07) is 0. The molecule has 2 saturated heterocycles. The van der Waals surface area contributed by atoms with Crippen molar-refractivity contribution in [1.82, 2.24) is 4.90 Å². The van der Waals surface area contributed by atoms with E-state index in [0.29, 0.717) is 10.9 Å². The fourth-order valence-electron chi connectivity index (χ4n) is 3.36. The van der Waals surface area contributed by atoms with Crippen LogP contribution in [0.15, 0.2) is 0 Å². The number of thioether (sulfide) groups is 1. The van der Waals surface area contributed by atoms with Gasteiger partial charge in [-0.3, -0.25) is 5.41 Å². The summed E-state index contributed by atoms with van der Waals surface area (Å²) in [5.74, 6) is 0. The van der Waals surface area contributed by atoms with E-state index in [1.54, 1.807) is 0 Å². The minimum absolute atomic E-state index is 0.383. The molecule has 0 aromatic carbocycles. The molecule has 3 fully saturated rings. The summed E-state index contributed by atoms with van der Waals surface area (Å²) in [6.07, 6.45) is 9.48. The first-order chi connectivity index (χ1) is 8.27. The zero-order valence-corrected chi connectivity index (χ0v) is 11.2. The molecule has 0 aromatic heterocycles. The molecule has 0 aromatic rings. The lowest BCUT2D eigenvalue weighted by molar-refractivity contribution is 0.0900. The zero-order valence-electron chi connectivity index (χ0n) is 10.4. The quantitative estimate of drug-likeness (QED) is 0.823. The fourth-order valence-corrected chi connectivity index (χ4v) is 4.75. The molecule has 2 heterocycles. The second-order valence-electron chi connectivity index (χ2n) is 5.67. The molecular formula is C13H22N2OS. The Balaban J connectivity index is 1.60. The van der Waals surface area contributed by atoms with Crippen molar-refractivity contribution in [2.24, 2.45) is 0 Å². The van der Waals surface area contributed by atoms with Gasteiger partial charge in [-0.1, -0.05) is 31.0 Å². The summed E-state index contributed by atoms with van der Waals surface area (Å²) in [4.78, 5) is 2.27. The van der Waals surface area contributed by atoms with Crippen molar-refractivity contribution in [3.8, 4) is 0 Å². The van der Waals surface area contributed by atoms with Crippen LogP contribution in [0.1, 0.15) is 44.9 Å². The predicted octanol–water partition coefficient (Wildman–Crippen LogP) is 2.85. The largest absolute Gasteiger partial charge is 0.376 e. The maximum Gasteiger partial charge on any atom is 0.157 e. The number of nitrogens with one attached hydrogen (secondary N) is 1. The highest BCUT2D eigenvalue weighted by atomic mass is 32.2. The Morgan fingerprint density at radius 3 is 2.82 bits per heavy atom. The number of hydrogen-bond acceptors (Lipinski definition) is 3. The number of ether oxygens (including phenoxy) is 1. The number of rotatable bonds is 2. The fraction of sp³-hybridized carbons (Fsp3) is 0.923. The molecule has 3 nitrogen and oxygen atoms in total. The van der Waals surface area contributed by atoms with Crippen molar-refractivity contribution in [1.29, 1.82) is 5.41 Å². The molecule has 17 heavy (non-hydrogen) atoms. The second-order valence-corrected chi connectivity index (χ2v) is 7.12. The van der Waals surface area contributed by atoms with Crippen LogP contribution in [0, 0.1) is 5.41 Å². The third kappa shape index (κ3) is 2.48. The van der Waals surface area contributed by atoms with E-state index in [2.05, 4.69) is 4.90 Å². The first-order valence-electron chi connectivity index (χ1n) is 6.92. The SMILES string of the molecule is N=C1SC2(CCCCC2)CN1C[C@@H]1CCCO1. The minimum atomic E-state index is 0.383. The molecule has 2 aliphatic heterocycles. The highest BCUT2D eigenvalue weighted by Crippen LogP contribution is 2.46. The van der Waals surface area contributed by atoms with E-state index >= 15 is 0 Å². The van der Waals surface area contributed by atoms with E-state index in [1.807, 2.05) is 11.8 Å². The lowest BCUT2D eigenvalue weighted by Gasteiger charge is -2.31. The van der Waals surface area contributed by atoms with Crippen LogP contribution in [0.5, 0.6) is 0 Å². The number of hydrogen-bond donors (Lipinski definition) is 1. The van der Waals surface area contributed by atoms with Crippen molar-refractivity contribution >= 4 is 16.9 Å². The van der Waals surface area contributed by atoms with Gasteiger partial charge in [0.1, 0.15) is 0 Å². The molecule has 0 bridgehead atoms. The van der Waals surface area contributed by atoms with Gasteiger partial charge in [0, 0.05) is 24.4 Å². The summed E-state index contributed by atoms with van der Waals surface area (Å²) >= 11 is 1.83. The summed E-state index contributed by atoms with van der Waals surface area (Å²) in [6.45, 7) is 2.97. The van der Waals surface area contributed by atoms with Crippen LogP contribution in [0.25, 0.3) is 0 Å². The molecule has 3 rings (SSSR count). The van der Waals surface area contributed by atoms with Gasteiger partial charge in [-0.05, 0) is 25.7 Å². The lowest BCUT2D eigenvalue weighted by atomic mass is 9.88. The topological polar surface area (TPSA) is 36.3 Å². The van der Waals surface area contributed by atoms with Crippen LogP contribution in [-0.2, 0) is 4.74 Å². The highest BCUT2D eigenvalue weighted by Gasteiger charge is 2.43. The molecule has 3 aliphatic rings. The van der Waals surface area contributed by atoms with Gasteiger partial charge in [0.25, 0.3) is 0 Å². The number of nitrogens with zero attached hydrogens (tertiary/aromatic N) is 1. The summed E-state index contributed by atoms with van der Waals surface area (Å²) in [5.41, 5.74) is 0. The van der Waals surface area contributed by atoms with Crippen molar-refractivity contribution < 1.29 is 4.74 Å². The molecular weight excluding hydrogens is 232 g/mol. The average Bonchev–Trinajstić information content (AvgIpc) is 2.91. The molecule has 0 amide bonds. The zero-order chi connectivity index (χ0) is 11.7. The normalized spacial score (nSPS) is 32.6. The molecule has 0 radical (unpaired) electrons. The van der Waals surface area contributed by atoms with Crippen LogP contribution in [0.3, 0.4) is 0 Å². The number of amidine groups is 1. The van der Waals surface area contributed by atoms with Crippen molar-refractivity contribution in [3.63, 3.8) is 0 Å². The van der Waals surface area contributed by atoms with Crippen molar-refractivity contribution in [2.75, 3.05) is 19.7 Å². The van der Waals surface area contributed by atoms with Crippen LogP contribution in [-0.4, -0.2) is 40.6 Å². The molecule has 1 aliphatic carbocycles. The summed E-state index contributed by atoms with van der Waals surface area (Å²) < 4.78 is 6.07. The third-order valence-electron chi connectivity index (χ3n) is 4.29. The highest BCUT2D eigenvalue weighted by molar-refractivity contribution is 8.15. The Kier molecular flexibility index (Phi) is 3.35. The Morgan fingerprint density at radius 1 is 1.29 bits per heavy atom. The van der Waals surface area contributed by atoms with Crippen molar-refractivity contribution in [2.45, 2.75) is 55.8 Å². The van der Waals surface area contributed by atoms with E-state index in [0.717, 1.165) is 24.9 Å². The lowest BCUT2D eigenvalue weighted by Crippen LogP contribution is -2.38. The van der Waals surface area contributed by atoms with E-state index in [4.69, 9.17) is 10.1 Å². The van der Waals surface area contributed by atoms with Gasteiger partial charge in [0.05, 0.1) is 6.10 Å². The van der Waals surface area contributed by atoms with E-state index < -0.39 is 0 Å². The van der Waals surface area contributed by atoms with Crippen LogP contribution >= 0.6 is 11.8 Å². The first-order valence-corrected chi connectivity index (χ1v) is 7.73. The van der Waals surface area contributed by atoms with Crippen LogP contribution in [0.2, 0.25) is 0 Å². The average molecular weight is 254 g/mol. The Labute approximate surface area is 108 Å². The van der Waals surface area contributed by atoms with E-state index in [1.165, 1.54) is 44.9 Å². The predicted molar refractivity (Wildman–Crippen MR) is 71.7 cm³/mol. The van der Waals surface area contributed by atoms with Gasteiger partial charge in [0.2, 0.25) is 0 Å². The summed E-state index contributed by atoms with van der Waals surface area (Å²) in [7, 11) is 0. The van der Waals surface area contributed by atoms with Gasteiger partial charge in [-0.25, -0.2) is 0 Å². The van der Waals surface area contributed by atoms with Gasteiger partial charge in [0.15, 0.2) is 5.17 Å². The standard InChI is InChI=1S/C13H22N2OS/c14-12-15(9-11-5-4-8-16-11)10-13(17-12)6-2-1-3-7-13/h11,14H,1-10H2/t11-/m0/s1. The molecule has 1 spiro atoms.